The van der Waals surface area contributed by atoms with Crippen molar-refractivity contribution < 1.29 is 9.47 Å². The van der Waals surface area contributed by atoms with Gasteiger partial charge in [0.2, 0.25) is 0 Å². The van der Waals surface area contributed by atoms with Gasteiger partial charge in [0, 0.05) is 46.5 Å². The zero-order valence-electron chi connectivity index (χ0n) is 22.7. The van der Waals surface area contributed by atoms with Crippen LogP contribution < -0.4 is 0 Å². The standard InChI is InChI=1S/C27H39ClN4O2Si2/c1-20-29-24-16-21(8-10-25(24)32(20)19-34-13-15-36(5,6)7)23-17-31(18-33-12-14-35(2,3)4)27-22(23)9-11-26(28)30-27/h8-11,16-17H,12-15,18-19H2,1-7H3. The molecule has 194 valence electrons. The molecule has 0 saturated heterocycles. The molecule has 0 amide bonds. The Morgan fingerprint density at radius 1 is 0.861 bits per heavy atom. The lowest BCUT2D eigenvalue weighted by Gasteiger charge is -2.16. The van der Waals surface area contributed by atoms with E-state index in [1.54, 1.807) is 0 Å². The minimum atomic E-state index is -1.14. The quantitative estimate of drug-likeness (QED) is 0.111. The maximum absolute atomic E-state index is 6.26. The number of ether oxygens (including phenoxy) is 2. The van der Waals surface area contributed by atoms with Gasteiger partial charge in [0.15, 0.2) is 0 Å². The normalized spacial score (nSPS) is 12.8. The first-order valence-corrected chi connectivity index (χ1v) is 20.5. The van der Waals surface area contributed by atoms with Gasteiger partial charge in [-0.25, -0.2) is 9.97 Å². The molecule has 3 heterocycles. The van der Waals surface area contributed by atoms with Crippen LogP contribution in [-0.2, 0) is 22.9 Å². The summed E-state index contributed by atoms with van der Waals surface area (Å²) in [5.41, 5.74) is 5.09. The van der Waals surface area contributed by atoms with Crippen molar-refractivity contribution in [2.24, 2.45) is 0 Å². The Morgan fingerprint density at radius 3 is 2.19 bits per heavy atom. The molecule has 9 heteroatoms. The molecule has 3 aromatic heterocycles. The summed E-state index contributed by atoms with van der Waals surface area (Å²) in [6.07, 6.45) is 2.12. The number of pyridine rings is 1. The molecule has 1 aromatic carbocycles. The number of hydrogen-bond donors (Lipinski definition) is 0. The van der Waals surface area contributed by atoms with Gasteiger partial charge in [-0.05, 0) is 48.8 Å². The van der Waals surface area contributed by atoms with E-state index in [9.17, 15) is 0 Å². The fourth-order valence-corrected chi connectivity index (χ4v) is 5.78. The van der Waals surface area contributed by atoms with Crippen LogP contribution >= 0.6 is 11.6 Å². The molecule has 0 radical (unpaired) electrons. The lowest BCUT2D eigenvalue weighted by molar-refractivity contribution is 0.0885. The fourth-order valence-electron chi connectivity index (χ4n) is 4.13. The Labute approximate surface area is 221 Å². The SMILES string of the molecule is Cc1nc2cc(-c3cn(COCC[Si](C)(C)C)c4nc(Cl)ccc34)ccc2n1COCC[Si](C)(C)C. The molecule has 0 fully saturated rings. The van der Waals surface area contributed by atoms with Crippen LogP contribution in [0.25, 0.3) is 33.2 Å². The van der Waals surface area contributed by atoms with E-state index in [1.165, 1.54) is 0 Å². The Kier molecular flexibility index (Phi) is 8.11. The summed E-state index contributed by atoms with van der Waals surface area (Å²) >= 11 is 6.26. The van der Waals surface area contributed by atoms with Crippen molar-refractivity contribution in [3.63, 3.8) is 0 Å². The van der Waals surface area contributed by atoms with Crippen molar-refractivity contribution in [1.82, 2.24) is 19.1 Å². The number of benzene rings is 1. The highest BCUT2D eigenvalue weighted by molar-refractivity contribution is 6.76. The van der Waals surface area contributed by atoms with Crippen molar-refractivity contribution in [2.45, 2.75) is 71.8 Å². The minimum Gasteiger partial charge on any atom is -0.361 e. The predicted octanol–water partition coefficient (Wildman–Crippen LogP) is 7.64. The summed E-state index contributed by atoms with van der Waals surface area (Å²) in [7, 11) is -2.25. The lowest BCUT2D eigenvalue weighted by Crippen LogP contribution is -2.22. The number of imidazole rings is 1. The molecule has 6 nitrogen and oxygen atoms in total. The van der Waals surface area contributed by atoms with E-state index in [-0.39, 0.29) is 0 Å². The van der Waals surface area contributed by atoms with Crippen LogP contribution in [0.5, 0.6) is 0 Å². The molecule has 0 N–H and O–H groups in total. The molecule has 0 atom stereocenters. The second kappa shape index (κ2) is 10.8. The number of hydrogen-bond acceptors (Lipinski definition) is 4. The minimum absolute atomic E-state index is 0.457. The number of halogens is 1. The summed E-state index contributed by atoms with van der Waals surface area (Å²) < 4.78 is 16.3. The molecule has 0 spiro atoms. The summed E-state index contributed by atoms with van der Waals surface area (Å²) in [6, 6.07) is 12.6. The van der Waals surface area contributed by atoms with Gasteiger partial charge in [-0.1, -0.05) is 56.9 Å². The molecule has 0 aliphatic heterocycles. The third-order valence-corrected chi connectivity index (χ3v) is 10.0. The van der Waals surface area contributed by atoms with Crippen LogP contribution in [0.1, 0.15) is 5.82 Å². The molecular weight excluding hydrogens is 504 g/mol. The number of aromatic nitrogens is 4. The van der Waals surface area contributed by atoms with Crippen molar-refractivity contribution in [1.29, 1.82) is 0 Å². The Morgan fingerprint density at radius 2 is 1.53 bits per heavy atom. The van der Waals surface area contributed by atoms with Crippen LogP contribution in [-0.4, -0.2) is 48.5 Å². The number of rotatable bonds is 11. The summed E-state index contributed by atoms with van der Waals surface area (Å²) in [5, 5.41) is 1.54. The van der Waals surface area contributed by atoms with E-state index in [1.807, 2.05) is 19.1 Å². The maximum atomic E-state index is 6.26. The van der Waals surface area contributed by atoms with Gasteiger partial charge in [0.1, 0.15) is 30.1 Å². The van der Waals surface area contributed by atoms with E-state index in [0.29, 0.717) is 18.6 Å². The molecule has 4 aromatic rings. The van der Waals surface area contributed by atoms with Crippen LogP contribution in [0, 0.1) is 6.92 Å². The lowest BCUT2D eigenvalue weighted by atomic mass is 10.1. The summed E-state index contributed by atoms with van der Waals surface area (Å²) in [5.74, 6) is 0.960. The van der Waals surface area contributed by atoms with Crippen LogP contribution in [0.15, 0.2) is 36.5 Å². The second-order valence-electron chi connectivity index (χ2n) is 12.0. The van der Waals surface area contributed by atoms with Crippen molar-refractivity contribution >= 4 is 49.8 Å². The molecule has 4 rings (SSSR count). The second-order valence-corrected chi connectivity index (χ2v) is 23.6. The van der Waals surface area contributed by atoms with Gasteiger partial charge >= 0.3 is 0 Å². The zero-order valence-corrected chi connectivity index (χ0v) is 25.4. The summed E-state index contributed by atoms with van der Waals surface area (Å²) in [6.45, 7) is 18.8. The molecule has 36 heavy (non-hydrogen) atoms. The predicted molar refractivity (Wildman–Crippen MR) is 156 cm³/mol. The molecule has 0 aliphatic rings. The van der Waals surface area contributed by atoms with E-state index in [2.05, 4.69) is 77.8 Å². The van der Waals surface area contributed by atoms with Gasteiger partial charge in [-0.3, -0.25) is 0 Å². The van der Waals surface area contributed by atoms with Gasteiger partial charge in [-0.2, -0.15) is 0 Å². The maximum Gasteiger partial charge on any atom is 0.144 e. The largest absolute Gasteiger partial charge is 0.361 e. The van der Waals surface area contributed by atoms with Crippen LogP contribution in [0.4, 0.5) is 0 Å². The van der Waals surface area contributed by atoms with Crippen LogP contribution in [0.3, 0.4) is 0 Å². The molecule has 0 bridgehead atoms. The number of nitrogens with zero attached hydrogens (tertiary/aromatic N) is 4. The molecule has 0 unspecified atom stereocenters. The number of aryl methyl sites for hydroxylation is 1. The van der Waals surface area contributed by atoms with Crippen molar-refractivity contribution in [3.8, 4) is 11.1 Å². The third kappa shape index (κ3) is 6.66. The first-order valence-electron chi connectivity index (χ1n) is 12.7. The Hall–Kier alpha value is -1.98. The van der Waals surface area contributed by atoms with Crippen molar-refractivity contribution in [2.75, 3.05) is 13.2 Å². The van der Waals surface area contributed by atoms with E-state index >= 15 is 0 Å². The smallest absolute Gasteiger partial charge is 0.144 e. The topological polar surface area (TPSA) is 54.1 Å². The highest BCUT2D eigenvalue weighted by atomic mass is 35.5. The summed E-state index contributed by atoms with van der Waals surface area (Å²) in [4.78, 5) is 9.45. The van der Waals surface area contributed by atoms with E-state index < -0.39 is 16.1 Å². The average Bonchev–Trinajstić information content (AvgIpc) is 3.29. The third-order valence-electron chi connectivity index (χ3n) is 6.38. The van der Waals surface area contributed by atoms with Gasteiger partial charge in [0.25, 0.3) is 0 Å². The highest BCUT2D eigenvalue weighted by Gasteiger charge is 2.17. The zero-order chi connectivity index (χ0) is 26.1. The molecule has 0 aliphatic carbocycles. The average molecular weight is 543 g/mol. The Bertz CT molecular complexity index is 1350. The van der Waals surface area contributed by atoms with Gasteiger partial charge in [-0.15, -0.1) is 0 Å². The Balaban J connectivity index is 1.59. The first-order chi connectivity index (χ1) is 16.9. The van der Waals surface area contributed by atoms with E-state index in [4.69, 9.17) is 26.1 Å². The monoisotopic (exact) mass is 542 g/mol. The molecular formula is C27H39ClN4O2Si2. The van der Waals surface area contributed by atoms with Gasteiger partial charge < -0.3 is 18.6 Å². The first kappa shape index (κ1) is 27.1. The van der Waals surface area contributed by atoms with Crippen LogP contribution in [0.2, 0.25) is 56.5 Å². The number of fused-ring (bicyclic) bond motifs is 2. The fraction of sp³-hybridized carbons (Fsp3) is 0.481. The van der Waals surface area contributed by atoms with Gasteiger partial charge in [0.05, 0.1) is 11.0 Å². The molecule has 0 saturated carbocycles. The highest BCUT2D eigenvalue weighted by Crippen LogP contribution is 2.33. The van der Waals surface area contributed by atoms with E-state index in [0.717, 1.165) is 64.3 Å². The van der Waals surface area contributed by atoms with Crippen molar-refractivity contribution in [3.05, 3.63) is 47.5 Å².